The zero-order valence-corrected chi connectivity index (χ0v) is 11.4. The molecule has 2 aliphatic heterocycles. The lowest BCUT2D eigenvalue weighted by Crippen LogP contribution is -2.60. The normalized spacial score (nSPS) is 22.9. The average molecular weight is 246 g/mol. The van der Waals surface area contributed by atoms with Crippen LogP contribution in [-0.4, -0.2) is 45.2 Å². The van der Waals surface area contributed by atoms with Crippen LogP contribution in [0, 0.1) is 5.41 Å². The molecule has 0 radical (unpaired) electrons. The van der Waals surface area contributed by atoms with E-state index in [1.54, 1.807) is 7.11 Å². The van der Waals surface area contributed by atoms with Crippen molar-refractivity contribution in [3.05, 3.63) is 24.3 Å². The molecule has 0 atom stereocenters. The number of rotatable bonds is 2. The van der Waals surface area contributed by atoms with Crippen LogP contribution in [-0.2, 0) is 0 Å². The summed E-state index contributed by atoms with van der Waals surface area (Å²) >= 11 is 0. The van der Waals surface area contributed by atoms with Gasteiger partial charge in [0.15, 0.2) is 0 Å². The van der Waals surface area contributed by atoms with Gasteiger partial charge >= 0.3 is 0 Å². The van der Waals surface area contributed by atoms with Crippen molar-refractivity contribution in [2.24, 2.45) is 5.41 Å². The van der Waals surface area contributed by atoms with Crippen molar-refractivity contribution in [3.63, 3.8) is 0 Å². The second-order valence-electron chi connectivity index (χ2n) is 5.86. The van der Waals surface area contributed by atoms with Gasteiger partial charge in [-0.15, -0.1) is 0 Å². The van der Waals surface area contributed by atoms with E-state index in [0.29, 0.717) is 5.41 Å². The molecule has 2 heterocycles. The maximum absolute atomic E-state index is 5.29. The van der Waals surface area contributed by atoms with Crippen LogP contribution >= 0.6 is 0 Å². The van der Waals surface area contributed by atoms with E-state index < -0.39 is 0 Å². The van der Waals surface area contributed by atoms with Gasteiger partial charge in [-0.2, -0.15) is 0 Å². The molecule has 18 heavy (non-hydrogen) atoms. The van der Waals surface area contributed by atoms with Crippen LogP contribution in [0.3, 0.4) is 0 Å². The molecule has 2 aliphatic rings. The Labute approximate surface area is 109 Å². The van der Waals surface area contributed by atoms with E-state index in [4.69, 9.17) is 4.74 Å². The highest BCUT2D eigenvalue weighted by Gasteiger charge is 2.44. The summed E-state index contributed by atoms with van der Waals surface area (Å²) in [5.41, 5.74) is 1.90. The third-order valence-electron chi connectivity index (χ3n) is 4.52. The Balaban J connectivity index is 1.64. The molecule has 3 nitrogen and oxygen atoms in total. The van der Waals surface area contributed by atoms with Crippen molar-refractivity contribution in [1.29, 1.82) is 0 Å². The maximum atomic E-state index is 5.29. The highest BCUT2D eigenvalue weighted by molar-refractivity contribution is 5.53. The molecular formula is C15H22N2O. The quantitative estimate of drug-likeness (QED) is 0.796. The molecule has 0 aromatic heterocycles. The standard InChI is InChI=1S/C15H22N2O/c1-16-8-6-15(7-9-16)11-17(12-15)13-4-3-5-14(10-13)18-2/h3-5,10H,6-9,11-12H2,1-2H3. The first-order valence-electron chi connectivity index (χ1n) is 6.78. The number of anilines is 1. The van der Waals surface area contributed by atoms with Crippen molar-refractivity contribution < 1.29 is 4.74 Å². The minimum atomic E-state index is 0.593. The minimum absolute atomic E-state index is 0.593. The number of likely N-dealkylation sites (tertiary alicyclic amines) is 1. The smallest absolute Gasteiger partial charge is 0.120 e. The van der Waals surface area contributed by atoms with Crippen molar-refractivity contribution in [2.45, 2.75) is 12.8 Å². The van der Waals surface area contributed by atoms with Crippen molar-refractivity contribution in [1.82, 2.24) is 4.90 Å². The lowest BCUT2D eigenvalue weighted by atomic mass is 9.72. The number of nitrogens with zero attached hydrogens (tertiary/aromatic N) is 2. The highest BCUT2D eigenvalue weighted by Crippen LogP contribution is 2.42. The number of methoxy groups -OCH3 is 1. The summed E-state index contributed by atoms with van der Waals surface area (Å²) in [5.74, 6) is 0.955. The second kappa shape index (κ2) is 4.47. The van der Waals surface area contributed by atoms with E-state index in [-0.39, 0.29) is 0 Å². The molecule has 3 heteroatoms. The fourth-order valence-corrected chi connectivity index (χ4v) is 3.16. The van der Waals surface area contributed by atoms with Crippen LogP contribution in [0.25, 0.3) is 0 Å². The lowest BCUT2D eigenvalue weighted by molar-refractivity contribution is 0.0906. The van der Waals surface area contributed by atoms with Gasteiger partial charge in [-0.3, -0.25) is 0 Å². The van der Waals surface area contributed by atoms with Crippen LogP contribution in [0.5, 0.6) is 5.75 Å². The predicted octanol–water partition coefficient (Wildman–Crippen LogP) is 2.23. The Bertz CT molecular complexity index is 416. The molecule has 1 aromatic rings. The molecule has 1 aromatic carbocycles. The van der Waals surface area contributed by atoms with Crippen LogP contribution < -0.4 is 9.64 Å². The topological polar surface area (TPSA) is 15.7 Å². The zero-order valence-electron chi connectivity index (χ0n) is 11.4. The molecule has 3 rings (SSSR count). The molecule has 0 aliphatic carbocycles. The van der Waals surface area contributed by atoms with Gasteiger partial charge in [0, 0.05) is 30.3 Å². The van der Waals surface area contributed by atoms with Gasteiger partial charge in [0.05, 0.1) is 7.11 Å². The number of piperidine rings is 1. The van der Waals surface area contributed by atoms with Gasteiger partial charge < -0.3 is 14.5 Å². The Morgan fingerprint density at radius 3 is 2.56 bits per heavy atom. The van der Waals surface area contributed by atoms with E-state index in [1.807, 2.05) is 6.07 Å². The van der Waals surface area contributed by atoms with Gasteiger partial charge in [0.25, 0.3) is 0 Å². The Kier molecular flexibility index (Phi) is 2.94. The fraction of sp³-hybridized carbons (Fsp3) is 0.600. The summed E-state index contributed by atoms with van der Waals surface area (Å²) < 4.78 is 5.29. The molecular weight excluding hydrogens is 224 g/mol. The molecule has 0 saturated carbocycles. The van der Waals surface area contributed by atoms with E-state index in [1.165, 1.54) is 44.7 Å². The Morgan fingerprint density at radius 1 is 1.17 bits per heavy atom. The number of benzene rings is 1. The SMILES string of the molecule is COc1cccc(N2CC3(CCN(C)CC3)C2)c1. The average Bonchev–Trinajstić information content (AvgIpc) is 2.37. The molecule has 2 saturated heterocycles. The van der Waals surface area contributed by atoms with Gasteiger partial charge in [0.1, 0.15) is 5.75 Å². The second-order valence-corrected chi connectivity index (χ2v) is 5.86. The first-order valence-corrected chi connectivity index (χ1v) is 6.78. The molecule has 0 N–H and O–H groups in total. The lowest BCUT2D eigenvalue weighted by Gasteiger charge is -2.54. The van der Waals surface area contributed by atoms with Gasteiger partial charge in [-0.05, 0) is 45.1 Å². The number of hydrogen-bond donors (Lipinski definition) is 0. The maximum Gasteiger partial charge on any atom is 0.120 e. The highest BCUT2D eigenvalue weighted by atomic mass is 16.5. The molecule has 0 bridgehead atoms. The minimum Gasteiger partial charge on any atom is -0.497 e. The van der Waals surface area contributed by atoms with Gasteiger partial charge in [0.2, 0.25) is 0 Å². The van der Waals surface area contributed by atoms with Crippen LogP contribution in [0.4, 0.5) is 5.69 Å². The van der Waals surface area contributed by atoms with Gasteiger partial charge in [-0.1, -0.05) is 6.07 Å². The molecule has 98 valence electrons. The first-order chi connectivity index (χ1) is 8.71. The third kappa shape index (κ3) is 2.07. The van der Waals surface area contributed by atoms with Crippen LogP contribution in [0.2, 0.25) is 0 Å². The third-order valence-corrected chi connectivity index (χ3v) is 4.52. The van der Waals surface area contributed by atoms with Crippen LogP contribution in [0.15, 0.2) is 24.3 Å². The van der Waals surface area contributed by atoms with E-state index in [2.05, 4.69) is 35.0 Å². The summed E-state index contributed by atoms with van der Waals surface area (Å²) in [7, 11) is 3.96. The van der Waals surface area contributed by atoms with Crippen molar-refractivity contribution in [2.75, 3.05) is 45.2 Å². The summed E-state index contributed by atoms with van der Waals surface area (Å²) in [6.45, 7) is 4.94. The predicted molar refractivity (Wildman–Crippen MR) is 74.4 cm³/mol. The van der Waals surface area contributed by atoms with Crippen molar-refractivity contribution in [3.8, 4) is 5.75 Å². The number of hydrogen-bond acceptors (Lipinski definition) is 3. The van der Waals surface area contributed by atoms with E-state index >= 15 is 0 Å². The number of ether oxygens (including phenoxy) is 1. The summed E-state index contributed by atoms with van der Waals surface area (Å²) in [6.07, 6.45) is 2.70. The van der Waals surface area contributed by atoms with E-state index in [0.717, 1.165) is 5.75 Å². The van der Waals surface area contributed by atoms with Crippen molar-refractivity contribution >= 4 is 5.69 Å². The van der Waals surface area contributed by atoms with Gasteiger partial charge in [-0.25, -0.2) is 0 Å². The first kappa shape index (κ1) is 11.8. The largest absolute Gasteiger partial charge is 0.497 e. The summed E-state index contributed by atoms with van der Waals surface area (Å²) in [4.78, 5) is 4.92. The van der Waals surface area contributed by atoms with Crippen LogP contribution in [0.1, 0.15) is 12.8 Å². The molecule has 2 fully saturated rings. The molecule has 0 amide bonds. The zero-order chi connectivity index (χ0) is 12.6. The summed E-state index contributed by atoms with van der Waals surface area (Å²) in [5, 5.41) is 0. The molecule has 0 unspecified atom stereocenters. The molecule has 1 spiro atoms. The fourth-order valence-electron chi connectivity index (χ4n) is 3.16. The van der Waals surface area contributed by atoms with E-state index in [9.17, 15) is 0 Å². The Morgan fingerprint density at radius 2 is 1.89 bits per heavy atom. The monoisotopic (exact) mass is 246 g/mol. The summed E-state index contributed by atoms with van der Waals surface area (Å²) in [6, 6.07) is 8.41. The Hall–Kier alpha value is -1.22.